The van der Waals surface area contributed by atoms with Gasteiger partial charge < -0.3 is 20.3 Å². The van der Waals surface area contributed by atoms with Gasteiger partial charge in [-0.3, -0.25) is 14.4 Å². The number of hydrogen-bond donors (Lipinski definition) is 2. The summed E-state index contributed by atoms with van der Waals surface area (Å²) in [5.41, 5.74) is 1.46. The zero-order chi connectivity index (χ0) is 21.7. The quantitative estimate of drug-likeness (QED) is 0.788. The largest absolute Gasteiger partial charge is 0.495 e. The smallest absolute Gasteiger partial charge is 0.253 e. The number of carbonyl (C=O) groups is 3. The minimum absolute atomic E-state index is 0.136. The molecule has 8 heteroatoms. The third-order valence-electron chi connectivity index (χ3n) is 5.02. The van der Waals surface area contributed by atoms with Crippen LogP contribution < -0.4 is 15.4 Å². The first-order valence-corrected chi connectivity index (χ1v) is 9.68. The lowest BCUT2D eigenvalue weighted by molar-refractivity contribution is -0.121. The molecule has 2 aromatic rings. The molecule has 2 aromatic carbocycles. The molecule has 0 bridgehead atoms. The van der Waals surface area contributed by atoms with E-state index < -0.39 is 0 Å². The fourth-order valence-electron chi connectivity index (χ4n) is 3.44. The van der Waals surface area contributed by atoms with Gasteiger partial charge in [0.2, 0.25) is 11.8 Å². The summed E-state index contributed by atoms with van der Waals surface area (Å²) in [6, 6.07) is 10.5. The van der Waals surface area contributed by atoms with Gasteiger partial charge in [0.05, 0.1) is 12.8 Å². The summed E-state index contributed by atoms with van der Waals surface area (Å²) in [6.45, 7) is 2.30. The van der Waals surface area contributed by atoms with Crippen molar-refractivity contribution in [3.63, 3.8) is 0 Å². The summed E-state index contributed by atoms with van der Waals surface area (Å²) in [5.74, 6) is -0.659. The predicted octanol–water partition coefficient (Wildman–Crippen LogP) is 3.28. The zero-order valence-electron chi connectivity index (χ0n) is 16.9. The molecule has 1 aliphatic rings. The first-order chi connectivity index (χ1) is 14.4. The minimum atomic E-state index is -0.387. The molecule has 158 valence electrons. The third kappa shape index (κ3) is 5.14. The number of methoxy groups -OCH3 is 1. The van der Waals surface area contributed by atoms with E-state index >= 15 is 0 Å². The Bertz CT molecular complexity index is 938. The van der Waals surface area contributed by atoms with E-state index in [1.54, 1.807) is 23.1 Å². The fourth-order valence-corrected chi connectivity index (χ4v) is 3.44. The van der Waals surface area contributed by atoms with E-state index in [1.165, 1.54) is 38.3 Å². The molecule has 1 saturated heterocycles. The van der Waals surface area contributed by atoms with E-state index in [1.807, 2.05) is 0 Å². The average Bonchev–Trinajstić information content (AvgIpc) is 2.74. The Morgan fingerprint density at radius 1 is 1.03 bits per heavy atom. The number of nitrogens with one attached hydrogen (secondary N) is 2. The SMILES string of the molecule is COc1ccc(NC(=O)C2CCN(C(=O)c3ccc(F)cc3)CC2)cc1NC(C)=O. The van der Waals surface area contributed by atoms with Crippen LogP contribution in [0.15, 0.2) is 42.5 Å². The van der Waals surface area contributed by atoms with Crippen molar-refractivity contribution < 1.29 is 23.5 Å². The number of carbonyl (C=O) groups excluding carboxylic acids is 3. The highest BCUT2D eigenvalue weighted by molar-refractivity contribution is 5.96. The summed E-state index contributed by atoms with van der Waals surface area (Å²) < 4.78 is 18.3. The molecular formula is C22H24FN3O4. The van der Waals surface area contributed by atoms with Crippen molar-refractivity contribution in [3.8, 4) is 5.75 Å². The first kappa shape index (κ1) is 21.3. The Hall–Kier alpha value is -3.42. The van der Waals surface area contributed by atoms with Gasteiger partial charge in [-0.15, -0.1) is 0 Å². The van der Waals surface area contributed by atoms with E-state index in [9.17, 15) is 18.8 Å². The van der Waals surface area contributed by atoms with Crippen molar-refractivity contribution in [2.45, 2.75) is 19.8 Å². The van der Waals surface area contributed by atoms with Crippen LogP contribution in [0.3, 0.4) is 0 Å². The zero-order valence-corrected chi connectivity index (χ0v) is 16.9. The number of amides is 3. The molecule has 0 unspecified atom stereocenters. The van der Waals surface area contributed by atoms with E-state index in [0.717, 1.165) is 0 Å². The van der Waals surface area contributed by atoms with Gasteiger partial charge in [0.25, 0.3) is 5.91 Å². The van der Waals surface area contributed by atoms with Crippen LogP contribution in [-0.4, -0.2) is 42.8 Å². The molecule has 3 rings (SSSR count). The Balaban J connectivity index is 1.58. The number of anilines is 2. The van der Waals surface area contributed by atoms with Crippen LogP contribution in [0.5, 0.6) is 5.75 Å². The molecule has 0 spiro atoms. The molecule has 1 heterocycles. The number of likely N-dealkylation sites (tertiary alicyclic amines) is 1. The lowest BCUT2D eigenvalue weighted by atomic mass is 9.95. The molecular weight excluding hydrogens is 389 g/mol. The molecule has 0 aromatic heterocycles. The minimum Gasteiger partial charge on any atom is -0.495 e. The molecule has 0 atom stereocenters. The van der Waals surface area contributed by atoms with Gasteiger partial charge in [-0.1, -0.05) is 0 Å². The third-order valence-corrected chi connectivity index (χ3v) is 5.02. The van der Waals surface area contributed by atoms with Crippen molar-refractivity contribution in [1.29, 1.82) is 0 Å². The molecule has 0 radical (unpaired) electrons. The van der Waals surface area contributed by atoms with Crippen LogP contribution in [0.4, 0.5) is 15.8 Å². The predicted molar refractivity (Wildman–Crippen MR) is 111 cm³/mol. The Kier molecular flexibility index (Phi) is 6.66. The lowest BCUT2D eigenvalue weighted by Crippen LogP contribution is -2.41. The number of benzene rings is 2. The van der Waals surface area contributed by atoms with Crippen LogP contribution in [-0.2, 0) is 9.59 Å². The molecule has 2 N–H and O–H groups in total. The van der Waals surface area contributed by atoms with E-state index in [0.29, 0.717) is 48.6 Å². The summed E-state index contributed by atoms with van der Waals surface area (Å²) in [6.07, 6.45) is 1.07. The van der Waals surface area contributed by atoms with Crippen LogP contribution in [0.25, 0.3) is 0 Å². The van der Waals surface area contributed by atoms with Gasteiger partial charge >= 0.3 is 0 Å². The highest BCUT2D eigenvalue weighted by atomic mass is 19.1. The van der Waals surface area contributed by atoms with Gasteiger partial charge in [-0.05, 0) is 55.3 Å². The number of ether oxygens (including phenoxy) is 1. The number of rotatable bonds is 5. The maximum absolute atomic E-state index is 13.0. The second-order valence-electron chi connectivity index (χ2n) is 7.16. The number of hydrogen-bond acceptors (Lipinski definition) is 4. The molecule has 3 amide bonds. The maximum Gasteiger partial charge on any atom is 0.253 e. The summed E-state index contributed by atoms with van der Waals surface area (Å²) >= 11 is 0. The van der Waals surface area contributed by atoms with Crippen molar-refractivity contribution in [1.82, 2.24) is 4.90 Å². The Morgan fingerprint density at radius 2 is 1.70 bits per heavy atom. The molecule has 7 nitrogen and oxygen atoms in total. The van der Waals surface area contributed by atoms with Crippen molar-refractivity contribution in [3.05, 3.63) is 53.8 Å². The topological polar surface area (TPSA) is 87.7 Å². The van der Waals surface area contributed by atoms with Gasteiger partial charge in [-0.2, -0.15) is 0 Å². The first-order valence-electron chi connectivity index (χ1n) is 9.68. The highest BCUT2D eigenvalue weighted by Gasteiger charge is 2.28. The average molecular weight is 413 g/mol. The molecule has 1 aliphatic heterocycles. The Labute approximate surface area is 174 Å². The molecule has 30 heavy (non-hydrogen) atoms. The molecule has 0 aliphatic carbocycles. The van der Waals surface area contributed by atoms with Gasteiger partial charge in [0, 0.05) is 37.2 Å². The normalized spacial score (nSPS) is 14.2. The molecule has 1 fully saturated rings. The summed E-state index contributed by atoms with van der Waals surface area (Å²) in [7, 11) is 1.50. The van der Waals surface area contributed by atoms with Gasteiger partial charge in [0.1, 0.15) is 11.6 Å². The summed E-state index contributed by atoms with van der Waals surface area (Å²) in [4.78, 5) is 38.2. The molecule has 0 saturated carbocycles. The standard InChI is InChI=1S/C22H24FN3O4/c1-14(27)24-19-13-18(7-8-20(19)30-2)25-21(28)15-9-11-26(12-10-15)22(29)16-3-5-17(23)6-4-16/h3-8,13,15H,9-12H2,1-2H3,(H,24,27)(H,25,28). The van der Waals surface area contributed by atoms with Crippen LogP contribution >= 0.6 is 0 Å². The second-order valence-corrected chi connectivity index (χ2v) is 7.16. The van der Waals surface area contributed by atoms with Crippen LogP contribution in [0.1, 0.15) is 30.1 Å². The van der Waals surface area contributed by atoms with Gasteiger partial charge in [0.15, 0.2) is 0 Å². The number of nitrogens with zero attached hydrogens (tertiary/aromatic N) is 1. The lowest BCUT2D eigenvalue weighted by Gasteiger charge is -2.31. The number of piperidine rings is 1. The van der Waals surface area contributed by atoms with Gasteiger partial charge in [-0.25, -0.2) is 4.39 Å². The van der Waals surface area contributed by atoms with E-state index in [-0.39, 0.29) is 29.5 Å². The second kappa shape index (κ2) is 9.39. The van der Waals surface area contributed by atoms with E-state index in [4.69, 9.17) is 4.74 Å². The monoisotopic (exact) mass is 413 g/mol. The van der Waals surface area contributed by atoms with Crippen LogP contribution in [0.2, 0.25) is 0 Å². The Morgan fingerprint density at radius 3 is 2.30 bits per heavy atom. The summed E-state index contributed by atoms with van der Waals surface area (Å²) in [5, 5.41) is 5.54. The highest BCUT2D eigenvalue weighted by Crippen LogP contribution is 2.29. The van der Waals surface area contributed by atoms with Crippen molar-refractivity contribution in [2.75, 3.05) is 30.8 Å². The van der Waals surface area contributed by atoms with E-state index in [2.05, 4.69) is 10.6 Å². The van der Waals surface area contributed by atoms with Crippen molar-refractivity contribution >= 4 is 29.1 Å². The van der Waals surface area contributed by atoms with Crippen LogP contribution in [0, 0.1) is 11.7 Å². The maximum atomic E-state index is 13.0. The van der Waals surface area contributed by atoms with Crippen molar-refractivity contribution in [2.24, 2.45) is 5.92 Å². The number of halogens is 1. The fraction of sp³-hybridized carbons (Fsp3) is 0.318.